The molecule has 1 aliphatic heterocycles. The highest BCUT2D eigenvalue weighted by molar-refractivity contribution is 6.12. The third kappa shape index (κ3) is 5.49. The van der Waals surface area contributed by atoms with Gasteiger partial charge in [0.25, 0.3) is 11.8 Å². The van der Waals surface area contributed by atoms with Crippen molar-refractivity contribution in [3.8, 4) is 6.07 Å². The summed E-state index contributed by atoms with van der Waals surface area (Å²) in [5.41, 5.74) is -1.11. The van der Waals surface area contributed by atoms with Gasteiger partial charge in [-0.25, -0.2) is 22.5 Å². The van der Waals surface area contributed by atoms with Crippen LogP contribution >= 0.6 is 0 Å². The monoisotopic (exact) mass is 620 g/mol. The Bertz CT molecular complexity index is 1720. The summed E-state index contributed by atoms with van der Waals surface area (Å²) < 4.78 is 57.5. The van der Waals surface area contributed by atoms with Gasteiger partial charge in [-0.2, -0.15) is 5.26 Å². The number of aryl methyl sites for hydroxylation is 1. The van der Waals surface area contributed by atoms with Crippen molar-refractivity contribution in [3.05, 3.63) is 83.3 Å². The molecule has 0 radical (unpaired) electrons. The van der Waals surface area contributed by atoms with E-state index in [-0.39, 0.29) is 61.2 Å². The molecule has 9 nitrogen and oxygen atoms in total. The summed E-state index contributed by atoms with van der Waals surface area (Å²) in [7, 11) is 0. The highest BCUT2D eigenvalue weighted by atomic mass is 19.3. The van der Waals surface area contributed by atoms with Crippen LogP contribution < -0.4 is 15.1 Å². The number of hydrogen-bond acceptors (Lipinski definition) is 6. The number of nitrogens with one attached hydrogen (secondary N) is 1. The van der Waals surface area contributed by atoms with Gasteiger partial charge in [0.1, 0.15) is 23.5 Å². The average Bonchev–Trinajstić information content (AvgIpc) is 3.59. The fraction of sp³-hybridized carbons (Fsp3) is 0.375. The molecule has 3 amide bonds. The van der Waals surface area contributed by atoms with E-state index in [4.69, 9.17) is 0 Å². The van der Waals surface area contributed by atoms with E-state index in [1.54, 1.807) is 0 Å². The van der Waals surface area contributed by atoms with E-state index < -0.39 is 65.7 Å². The Morgan fingerprint density at radius 3 is 2.51 bits per heavy atom. The molecule has 13 heteroatoms. The minimum atomic E-state index is -2.85. The number of pyridine rings is 2. The Morgan fingerprint density at radius 2 is 1.78 bits per heavy atom. The maximum Gasteiger partial charge on any atom is 0.251 e. The number of benzene rings is 1. The lowest BCUT2D eigenvalue weighted by atomic mass is 9.85. The lowest BCUT2D eigenvalue weighted by Gasteiger charge is -2.43. The fourth-order valence-electron chi connectivity index (χ4n) is 6.69. The molecule has 2 fully saturated rings. The lowest BCUT2D eigenvalue weighted by molar-refractivity contribution is -0.132. The predicted octanol–water partition coefficient (Wildman–Crippen LogP) is 4.69. The highest BCUT2D eigenvalue weighted by Crippen LogP contribution is 2.46. The largest absolute Gasteiger partial charge is 0.351 e. The van der Waals surface area contributed by atoms with Crippen LogP contribution in [-0.4, -0.2) is 45.7 Å². The van der Waals surface area contributed by atoms with Crippen LogP contribution in [0.3, 0.4) is 0 Å². The first-order valence-corrected chi connectivity index (χ1v) is 14.6. The van der Waals surface area contributed by atoms with Crippen molar-refractivity contribution in [2.75, 3.05) is 9.80 Å². The molecular weight excluding hydrogens is 592 g/mol. The Morgan fingerprint density at radius 1 is 1.00 bits per heavy atom. The molecule has 2 aliphatic carbocycles. The quantitative estimate of drug-likeness (QED) is 0.400. The number of nitriles is 1. The van der Waals surface area contributed by atoms with E-state index in [9.17, 15) is 37.2 Å². The number of rotatable bonds is 6. The summed E-state index contributed by atoms with van der Waals surface area (Å²) in [4.78, 5) is 52.9. The van der Waals surface area contributed by atoms with Crippen LogP contribution in [0.25, 0.3) is 0 Å². The second-order valence-electron chi connectivity index (χ2n) is 11.6. The molecule has 1 saturated heterocycles. The molecule has 2 atom stereocenters. The van der Waals surface area contributed by atoms with Gasteiger partial charge < -0.3 is 5.32 Å². The second kappa shape index (κ2) is 11.6. The van der Waals surface area contributed by atoms with Crippen LogP contribution in [0.1, 0.15) is 61.6 Å². The van der Waals surface area contributed by atoms with Crippen molar-refractivity contribution < 1.29 is 31.9 Å². The smallest absolute Gasteiger partial charge is 0.251 e. The molecule has 0 spiro atoms. The Labute approximate surface area is 255 Å². The van der Waals surface area contributed by atoms with Gasteiger partial charge in [-0.3, -0.25) is 29.2 Å². The van der Waals surface area contributed by atoms with Crippen molar-refractivity contribution in [1.29, 1.82) is 5.26 Å². The number of carbonyl (C=O) groups excluding carboxylic acids is 3. The van der Waals surface area contributed by atoms with Gasteiger partial charge in [0.05, 0.1) is 29.7 Å². The van der Waals surface area contributed by atoms with E-state index in [1.807, 2.05) is 6.07 Å². The first-order valence-electron chi connectivity index (χ1n) is 14.6. The minimum Gasteiger partial charge on any atom is -0.351 e. The maximum atomic E-state index is 14.9. The Hall–Kier alpha value is -4.86. The zero-order chi connectivity index (χ0) is 31.9. The molecule has 0 bridgehead atoms. The van der Waals surface area contributed by atoms with Gasteiger partial charge in [-0.05, 0) is 67.5 Å². The molecule has 2 aromatic heterocycles. The van der Waals surface area contributed by atoms with E-state index in [0.29, 0.717) is 5.56 Å². The van der Waals surface area contributed by atoms with Crippen molar-refractivity contribution in [3.63, 3.8) is 0 Å². The summed E-state index contributed by atoms with van der Waals surface area (Å²) in [5, 5.41) is 12.3. The number of aromatic nitrogens is 2. The number of nitrogens with zero attached hydrogens (tertiary/aromatic N) is 5. The number of halogens is 4. The molecular formula is C32H28F4N6O3. The molecule has 6 rings (SSSR count). The summed E-state index contributed by atoms with van der Waals surface area (Å²) in [6.07, 6.45) is 2.75. The number of alkyl halides is 2. The summed E-state index contributed by atoms with van der Waals surface area (Å²) in [5.74, 6) is -6.26. The molecule has 0 unspecified atom stereocenters. The van der Waals surface area contributed by atoms with Crippen LogP contribution in [0.2, 0.25) is 0 Å². The van der Waals surface area contributed by atoms with Gasteiger partial charge in [0, 0.05) is 37.6 Å². The van der Waals surface area contributed by atoms with Gasteiger partial charge >= 0.3 is 0 Å². The van der Waals surface area contributed by atoms with Crippen molar-refractivity contribution in [1.82, 2.24) is 15.3 Å². The van der Waals surface area contributed by atoms with Gasteiger partial charge in [0.2, 0.25) is 11.8 Å². The molecule has 45 heavy (non-hydrogen) atoms. The molecule has 232 valence electrons. The number of fused-ring (bicyclic) bond motifs is 1. The first-order chi connectivity index (χ1) is 21.5. The molecule has 1 saturated carbocycles. The first kappa shape index (κ1) is 30.2. The summed E-state index contributed by atoms with van der Waals surface area (Å²) >= 11 is 0. The van der Waals surface area contributed by atoms with Gasteiger partial charge in [-0.1, -0.05) is 6.07 Å². The topological polar surface area (TPSA) is 119 Å². The van der Waals surface area contributed by atoms with E-state index in [2.05, 4.69) is 15.3 Å². The normalized spacial score (nSPS) is 22.5. The van der Waals surface area contributed by atoms with Crippen LogP contribution in [0.15, 0.2) is 55.0 Å². The molecule has 1 aromatic carbocycles. The minimum absolute atomic E-state index is 0.00784. The number of anilines is 2. The van der Waals surface area contributed by atoms with Crippen molar-refractivity contribution in [2.45, 2.75) is 74.9 Å². The van der Waals surface area contributed by atoms with E-state index in [1.165, 1.54) is 36.7 Å². The molecule has 3 aromatic rings. The van der Waals surface area contributed by atoms with Crippen molar-refractivity contribution >= 4 is 29.2 Å². The van der Waals surface area contributed by atoms with Crippen molar-refractivity contribution in [2.24, 2.45) is 0 Å². The Balaban J connectivity index is 1.49. The molecule has 1 N–H and O–H groups in total. The van der Waals surface area contributed by atoms with E-state index in [0.717, 1.165) is 28.1 Å². The zero-order valence-corrected chi connectivity index (χ0v) is 24.0. The third-order valence-electron chi connectivity index (χ3n) is 8.87. The number of hydrogen-bond donors (Lipinski definition) is 1. The highest BCUT2D eigenvalue weighted by Gasteiger charge is 2.56. The molecule has 3 heterocycles. The van der Waals surface area contributed by atoms with Crippen LogP contribution in [-0.2, 0) is 26.3 Å². The standard InChI is InChI=1S/C32H28F4N6O3/c33-21-2-1-20-5-11-32(25(20)15-21,30(45)40-23-6-9-31(35,36)10-7-23)42(24-14-22(34)17-38-18-24)29(44)26-3-4-28(43)41(26)27-13-19(16-37)8-12-39-27/h1-2,8,12-15,17-18,23,26H,3-7,9-11H2,(H,40,45)/t26-,32-/m0/s1. The SMILES string of the molecule is N#Cc1ccnc(N2C(=O)CC[C@H]2C(=O)N(c2cncc(F)c2)[C@@]2(C(=O)NC3CCC(F)(F)CC3)CCc3ccc(F)cc32)c1. The second-order valence-corrected chi connectivity index (χ2v) is 11.6. The Kier molecular flexibility index (Phi) is 7.76. The number of carbonyl (C=O) groups is 3. The van der Waals surface area contributed by atoms with Crippen LogP contribution in [0.4, 0.5) is 29.1 Å². The summed E-state index contributed by atoms with van der Waals surface area (Å²) in [6, 6.07) is 7.82. The lowest BCUT2D eigenvalue weighted by Crippen LogP contribution is -2.62. The van der Waals surface area contributed by atoms with E-state index >= 15 is 0 Å². The van der Waals surface area contributed by atoms with Crippen LogP contribution in [0.5, 0.6) is 0 Å². The zero-order valence-electron chi connectivity index (χ0n) is 24.0. The fourth-order valence-corrected chi connectivity index (χ4v) is 6.69. The maximum absolute atomic E-state index is 14.9. The van der Waals surface area contributed by atoms with Gasteiger partial charge in [-0.15, -0.1) is 0 Å². The summed E-state index contributed by atoms with van der Waals surface area (Å²) in [6.45, 7) is 0. The average molecular weight is 621 g/mol. The number of amides is 3. The predicted molar refractivity (Wildman–Crippen MR) is 153 cm³/mol. The van der Waals surface area contributed by atoms with Gasteiger partial charge in [0.15, 0.2) is 5.54 Å². The van der Waals surface area contributed by atoms with Crippen LogP contribution in [0, 0.1) is 23.0 Å². The molecule has 3 aliphatic rings. The third-order valence-corrected chi connectivity index (χ3v) is 8.87.